The Morgan fingerprint density at radius 2 is 2.04 bits per heavy atom. The molecule has 0 spiro atoms. The summed E-state index contributed by atoms with van der Waals surface area (Å²) in [5.41, 5.74) is 8.23. The highest BCUT2D eigenvalue weighted by Gasteiger charge is 2.16. The quantitative estimate of drug-likeness (QED) is 0.232. The number of aromatic nitrogens is 2. The zero-order valence-corrected chi connectivity index (χ0v) is 14.4. The summed E-state index contributed by atoms with van der Waals surface area (Å²) in [6.07, 6.45) is 1.68. The second kappa shape index (κ2) is 6.07. The standard InChI is InChI=1S/C16H13IN4O2/c1-9(22)21(17)8-14(23)13-5-4-11-12(18)7-10-3-2-6-19-15(10)16(11)20-13/h2-7H,8,18H2,1H3. The van der Waals surface area contributed by atoms with E-state index in [1.165, 1.54) is 10.0 Å². The minimum absolute atomic E-state index is 0.0257. The van der Waals surface area contributed by atoms with Gasteiger partial charge in [0.2, 0.25) is 11.7 Å². The second-order valence-corrected chi connectivity index (χ2v) is 6.26. The molecule has 0 bridgehead atoms. The molecular formula is C16H13IN4O2. The van der Waals surface area contributed by atoms with Crippen molar-refractivity contribution >= 4 is 62.0 Å². The van der Waals surface area contributed by atoms with E-state index in [9.17, 15) is 9.59 Å². The second-order valence-electron chi connectivity index (χ2n) is 5.10. The van der Waals surface area contributed by atoms with E-state index in [0.717, 1.165) is 10.8 Å². The summed E-state index contributed by atoms with van der Waals surface area (Å²) in [5.74, 6) is -0.417. The maximum atomic E-state index is 12.3. The number of nitrogens with zero attached hydrogens (tertiary/aromatic N) is 3. The van der Waals surface area contributed by atoms with Crippen LogP contribution >= 0.6 is 22.9 Å². The molecule has 0 radical (unpaired) electrons. The molecule has 1 aromatic carbocycles. The zero-order chi connectivity index (χ0) is 16.6. The van der Waals surface area contributed by atoms with Crippen LogP contribution in [0.4, 0.5) is 5.69 Å². The minimum atomic E-state index is -0.233. The van der Waals surface area contributed by atoms with E-state index in [1.807, 2.05) is 41.1 Å². The molecule has 0 aliphatic rings. The van der Waals surface area contributed by atoms with Crippen LogP contribution in [0, 0.1) is 0 Å². The Morgan fingerprint density at radius 1 is 1.26 bits per heavy atom. The van der Waals surface area contributed by atoms with Crippen LogP contribution in [0.1, 0.15) is 17.4 Å². The number of carbonyl (C=O) groups is 2. The van der Waals surface area contributed by atoms with Gasteiger partial charge in [-0.05, 0) is 24.3 Å². The molecule has 6 nitrogen and oxygen atoms in total. The van der Waals surface area contributed by atoms with E-state index in [0.29, 0.717) is 16.7 Å². The summed E-state index contributed by atoms with van der Waals surface area (Å²) >= 11 is 1.81. The van der Waals surface area contributed by atoms with E-state index in [2.05, 4.69) is 9.97 Å². The fourth-order valence-corrected chi connectivity index (χ4v) is 2.63. The van der Waals surface area contributed by atoms with Crippen LogP contribution in [-0.4, -0.2) is 31.3 Å². The number of rotatable bonds is 3. The average Bonchev–Trinajstić information content (AvgIpc) is 2.54. The number of ketones is 1. The molecule has 116 valence electrons. The van der Waals surface area contributed by atoms with E-state index in [-0.39, 0.29) is 23.9 Å². The van der Waals surface area contributed by atoms with Gasteiger partial charge in [0.1, 0.15) is 5.69 Å². The van der Waals surface area contributed by atoms with E-state index in [4.69, 9.17) is 5.73 Å². The van der Waals surface area contributed by atoms with Crippen LogP contribution in [0.15, 0.2) is 36.5 Å². The molecule has 3 aromatic rings. The van der Waals surface area contributed by atoms with Crippen LogP contribution in [0.25, 0.3) is 21.8 Å². The van der Waals surface area contributed by atoms with Crippen molar-refractivity contribution in [2.24, 2.45) is 0 Å². The van der Waals surface area contributed by atoms with Gasteiger partial charge >= 0.3 is 0 Å². The van der Waals surface area contributed by atoms with Crippen molar-refractivity contribution in [3.05, 3.63) is 42.2 Å². The maximum absolute atomic E-state index is 12.3. The lowest BCUT2D eigenvalue weighted by Gasteiger charge is -2.11. The van der Waals surface area contributed by atoms with Gasteiger partial charge in [-0.15, -0.1) is 0 Å². The Labute approximate surface area is 146 Å². The van der Waals surface area contributed by atoms with Crippen molar-refractivity contribution in [2.45, 2.75) is 6.92 Å². The summed E-state index contributed by atoms with van der Waals surface area (Å²) in [7, 11) is 0. The summed E-state index contributed by atoms with van der Waals surface area (Å²) < 4.78 is 1.32. The number of anilines is 1. The van der Waals surface area contributed by atoms with Gasteiger partial charge in [0.05, 0.1) is 40.4 Å². The monoisotopic (exact) mass is 420 g/mol. The minimum Gasteiger partial charge on any atom is -0.398 e. The first-order valence-electron chi connectivity index (χ1n) is 6.88. The van der Waals surface area contributed by atoms with Crippen molar-refractivity contribution in [3.8, 4) is 0 Å². The third-order valence-corrected chi connectivity index (χ3v) is 4.51. The Hall–Kier alpha value is -2.29. The fourth-order valence-electron chi connectivity index (χ4n) is 2.32. The molecule has 23 heavy (non-hydrogen) atoms. The molecule has 1 amide bonds. The number of Topliss-reactive ketones (excluding diaryl/α,β-unsaturated/α-hetero) is 1. The third-order valence-electron chi connectivity index (χ3n) is 3.49. The Morgan fingerprint density at radius 3 is 2.78 bits per heavy atom. The third kappa shape index (κ3) is 2.96. The first kappa shape index (κ1) is 15.6. The molecular weight excluding hydrogens is 407 g/mol. The number of halogens is 1. The lowest BCUT2D eigenvalue weighted by Crippen LogP contribution is -2.25. The highest BCUT2D eigenvalue weighted by Crippen LogP contribution is 2.27. The molecule has 0 atom stereocenters. The lowest BCUT2D eigenvalue weighted by atomic mass is 10.1. The van der Waals surface area contributed by atoms with Crippen LogP contribution < -0.4 is 5.73 Å². The first-order chi connectivity index (χ1) is 11.0. The number of hydrogen-bond acceptors (Lipinski definition) is 5. The number of nitrogens with two attached hydrogens (primary N) is 1. The largest absolute Gasteiger partial charge is 0.398 e. The molecule has 0 aliphatic carbocycles. The molecule has 0 saturated carbocycles. The van der Waals surface area contributed by atoms with Crippen molar-refractivity contribution in [1.29, 1.82) is 0 Å². The van der Waals surface area contributed by atoms with Crippen molar-refractivity contribution in [1.82, 2.24) is 13.1 Å². The summed E-state index contributed by atoms with van der Waals surface area (Å²) in [6.45, 7) is 1.38. The molecule has 2 N–H and O–H groups in total. The van der Waals surface area contributed by atoms with Crippen LogP contribution in [-0.2, 0) is 4.79 Å². The normalized spacial score (nSPS) is 10.9. The van der Waals surface area contributed by atoms with Gasteiger partial charge < -0.3 is 5.73 Å². The van der Waals surface area contributed by atoms with Gasteiger partial charge in [0.15, 0.2) is 0 Å². The van der Waals surface area contributed by atoms with Gasteiger partial charge in [0, 0.05) is 29.6 Å². The molecule has 2 heterocycles. The highest BCUT2D eigenvalue weighted by molar-refractivity contribution is 14.1. The van der Waals surface area contributed by atoms with Crippen LogP contribution in [0.2, 0.25) is 0 Å². The molecule has 3 rings (SSSR count). The summed E-state index contributed by atoms with van der Waals surface area (Å²) in [5, 5.41) is 1.62. The van der Waals surface area contributed by atoms with Crippen molar-refractivity contribution in [2.75, 3.05) is 12.3 Å². The number of fused-ring (bicyclic) bond motifs is 3. The van der Waals surface area contributed by atoms with Gasteiger partial charge in [-0.2, -0.15) is 0 Å². The maximum Gasteiger partial charge on any atom is 0.228 e. The Bertz CT molecular complexity index is 942. The van der Waals surface area contributed by atoms with Gasteiger partial charge in [-0.1, -0.05) is 6.07 Å². The summed E-state index contributed by atoms with van der Waals surface area (Å²) in [6, 6.07) is 8.96. The summed E-state index contributed by atoms with van der Waals surface area (Å²) in [4.78, 5) is 32.4. The highest BCUT2D eigenvalue weighted by atomic mass is 127. The van der Waals surface area contributed by atoms with Gasteiger partial charge in [-0.3, -0.25) is 17.7 Å². The number of carbonyl (C=O) groups excluding carboxylic acids is 2. The number of hydrogen-bond donors (Lipinski definition) is 1. The van der Waals surface area contributed by atoms with E-state index in [1.54, 1.807) is 18.3 Å². The number of pyridine rings is 2. The SMILES string of the molecule is CC(=O)N(I)CC(=O)c1ccc2c(N)cc3cccnc3c2n1. The van der Waals surface area contributed by atoms with Crippen LogP contribution in [0.3, 0.4) is 0 Å². The molecule has 0 aliphatic heterocycles. The zero-order valence-electron chi connectivity index (χ0n) is 12.3. The fraction of sp³-hybridized carbons (Fsp3) is 0.125. The molecule has 0 saturated heterocycles. The van der Waals surface area contributed by atoms with Crippen molar-refractivity contribution < 1.29 is 9.59 Å². The Kier molecular flexibility index (Phi) is 4.12. The predicted octanol–water partition coefficient (Wildman–Crippen LogP) is 2.75. The molecule has 0 unspecified atom stereocenters. The number of amides is 1. The van der Waals surface area contributed by atoms with Crippen molar-refractivity contribution in [3.63, 3.8) is 0 Å². The van der Waals surface area contributed by atoms with Gasteiger partial charge in [-0.25, -0.2) is 4.98 Å². The number of benzene rings is 1. The molecule has 2 aromatic heterocycles. The van der Waals surface area contributed by atoms with E-state index >= 15 is 0 Å². The first-order valence-corrected chi connectivity index (χ1v) is 7.85. The molecule has 7 heteroatoms. The average molecular weight is 420 g/mol. The topological polar surface area (TPSA) is 89.2 Å². The predicted molar refractivity (Wildman–Crippen MR) is 97.2 cm³/mol. The van der Waals surface area contributed by atoms with Gasteiger partial charge in [0.25, 0.3) is 0 Å². The van der Waals surface area contributed by atoms with Crippen LogP contribution in [0.5, 0.6) is 0 Å². The smallest absolute Gasteiger partial charge is 0.228 e. The van der Waals surface area contributed by atoms with E-state index < -0.39 is 0 Å². The Balaban J connectivity index is 2.12. The lowest BCUT2D eigenvalue weighted by molar-refractivity contribution is -0.122. The number of nitrogen functional groups attached to an aromatic ring is 1. The molecule has 0 fully saturated rings.